The lowest BCUT2D eigenvalue weighted by atomic mass is 9.80. The summed E-state index contributed by atoms with van der Waals surface area (Å²) in [6.45, 7) is 0.290. The predicted molar refractivity (Wildman–Crippen MR) is 350 cm³/mol. The van der Waals surface area contributed by atoms with Crippen LogP contribution in [0.5, 0.6) is 23.0 Å². The van der Waals surface area contributed by atoms with Gasteiger partial charge in [0.2, 0.25) is 11.9 Å². The van der Waals surface area contributed by atoms with E-state index in [4.69, 9.17) is 49.9 Å². The van der Waals surface area contributed by atoms with Gasteiger partial charge in [-0.3, -0.25) is 28.7 Å². The van der Waals surface area contributed by atoms with Gasteiger partial charge in [0.05, 0.1) is 79.2 Å². The number of hydrogen-bond acceptors (Lipinski definition) is 16. The van der Waals surface area contributed by atoms with Gasteiger partial charge in [-0.05, 0) is 108 Å². The molecule has 10 aromatic rings. The number of imidazole rings is 2. The van der Waals surface area contributed by atoms with Gasteiger partial charge in [0.25, 0.3) is 11.1 Å². The average Bonchev–Trinajstić information content (AvgIpc) is 1.48. The first-order chi connectivity index (χ1) is 44.2. The number of aromatic amines is 2. The van der Waals surface area contributed by atoms with Crippen molar-refractivity contribution in [2.24, 2.45) is 9.98 Å². The van der Waals surface area contributed by atoms with Gasteiger partial charge in [-0.2, -0.15) is 9.97 Å². The number of aromatic nitrogens is 8. The van der Waals surface area contributed by atoms with Crippen LogP contribution >= 0.6 is 11.6 Å². The molecule has 6 aromatic carbocycles. The van der Waals surface area contributed by atoms with E-state index in [0.29, 0.717) is 24.3 Å². The van der Waals surface area contributed by atoms with E-state index in [1.807, 2.05) is 174 Å². The summed E-state index contributed by atoms with van der Waals surface area (Å²) in [5.41, 5.74) is 5.56. The van der Waals surface area contributed by atoms with E-state index >= 15 is 0 Å². The van der Waals surface area contributed by atoms with Gasteiger partial charge in [-0.1, -0.05) is 109 Å². The molecule has 0 unspecified atom stereocenters. The van der Waals surface area contributed by atoms with Crippen LogP contribution < -0.4 is 30.1 Å². The van der Waals surface area contributed by atoms with Crippen molar-refractivity contribution in [1.29, 1.82) is 0 Å². The summed E-state index contributed by atoms with van der Waals surface area (Å²) in [4.78, 5) is 58.4. The molecule has 6 heterocycles. The van der Waals surface area contributed by atoms with Crippen LogP contribution in [0.2, 0.25) is 0 Å². The predicted octanol–water partition coefficient (Wildman–Crippen LogP) is 10.3. The number of nitrogens with one attached hydrogen (secondary N) is 2. The number of aliphatic hydroxyl groups is 1. The molecule has 0 bridgehead atoms. The molecule has 23 heteroatoms. The van der Waals surface area contributed by atoms with Crippen molar-refractivity contribution < 1.29 is 38.3 Å². The molecule has 2 saturated heterocycles. The lowest BCUT2D eigenvalue weighted by Crippen LogP contribution is -2.35. The van der Waals surface area contributed by atoms with Crippen LogP contribution in [0.4, 0.5) is 11.9 Å². The first-order valence-corrected chi connectivity index (χ1v) is 29.8. The number of nitrogens with zero attached hydrogens (tertiary/aromatic N) is 10. The van der Waals surface area contributed by atoms with E-state index in [0.717, 1.165) is 75.6 Å². The van der Waals surface area contributed by atoms with Gasteiger partial charge in [0, 0.05) is 28.2 Å². The second kappa shape index (κ2) is 29.3. The van der Waals surface area contributed by atoms with Crippen molar-refractivity contribution in [2.75, 3.05) is 69.8 Å². The van der Waals surface area contributed by atoms with Crippen molar-refractivity contribution in [3.8, 4) is 23.0 Å². The Bertz CT molecular complexity index is 4070. The number of methoxy groups -OCH3 is 4. The topological polar surface area (TPSA) is 243 Å². The molecular formula is C68H73ClN12O10. The van der Waals surface area contributed by atoms with Crippen LogP contribution in [0.25, 0.3) is 22.3 Å². The zero-order chi connectivity index (χ0) is 64.1. The number of rotatable bonds is 20. The van der Waals surface area contributed by atoms with Crippen molar-refractivity contribution in [2.45, 2.75) is 60.8 Å². The van der Waals surface area contributed by atoms with Crippen LogP contribution in [0.1, 0.15) is 71.5 Å². The number of aliphatic imine (C=N–C) groups is 2. The molecule has 0 saturated carbocycles. The smallest absolute Gasteiger partial charge is 0.280 e. The van der Waals surface area contributed by atoms with Crippen molar-refractivity contribution >= 4 is 58.5 Å². The van der Waals surface area contributed by atoms with Gasteiger partial charge >= 0.3 is 0 Å². The quantitative estimate of drug-likeness (QED) is 0.0278. The molecule has 2 fully saturated rings. The zero-order valence-corrected chi connectivity index (χ0v) is 52.6. The first kappa shape index (κ1) is 64.3. The second-order valence-corrected chi connectivity index (χ2v) is 22.5. The third kappa shape index (κ3) is 14.5. The Morgan fingerprint density at radius 1 is 0.538 bits per heavy atom. The Morgan fingerprint density at radius 2 is 0.890 bits per heavy atom. The lowest BCUT2D eigenvalue weighted by molar-refractivity contribution is -0.0756. The monoisotopic (exact) mass is 1250 g/mol. The fourth-order valence-electron chi connectivity index (χ4n) is 10.9. The molecule has 2 aliphatic heterocycles. The highest BCUT2D eigenvalue weighted by atomic mass is 35.5. The fraction of sp³-hybridized carbons (Fsp3) is 0.294. The van der Waals surface area contributed by atoms with Gasteiger partial charge in [-0.15, -0.1) is 11.6 Å². The van der Waals surface area contributed by atoms with E-state index in [1.165, 1.54) is 6.33 Å². The number of fused-ring (bicyclic) bond motifs is 2. The fourth-order valence-corrected chi connectivity index (χ4v) is 11.2. The molecule has 0 aliphatic carbocycles. The van der Waals surface area contributed by atoms with Gasteiger partial charge in [0.1, 0.15) is 45.9 Å². The largest absolute Gasteiger partial charge is 0.497 e. The number of H-pyrrole nitrogens is 2. The molecule has 4 atom stereocenters. The maximum Gasteiger partial charge on any atom is 0.280 e. The summed E-state index contributed by atoms with van der Waals surface area (Å²) < 4.78 is 44.2. The molecule has 4 aromatic heterocycles. The summed E-state index contributed by atoms with van der Waals surface area (Å²) in [6.07, 6.45) is 8.17. The molecule has 0 radical (unpaired) electrons. The van der Waals surface area contributed by atoms with E-state index in [-0.39, 0.29) is 65.3 Å². The summed E-state index contributed by atoms with van der Waals surface area (Å²) in [5.74, 6) is 3.54. The number of hydrogen-bond donors (Lipinski definition) is 3. The minimum Gasteiger partial charge on any atom is -0.497 e. The molecule has 91 heavy (non-hydrogen) atoms. The Morgan fingerprint density at radius 3 is 1.26 bits per heavy atom. The van der Waals surface area contributed by atoms with E-state index < -0.39 is 10.5 Å². The van der Waals surface area contributed by atoms with Crippen LogP contribution in [-0.2, 0) is 24.7 Å². The van der Waals surface area contributed by atoms with E-state index in [2.05, 4.69) is 52.0 Å². The molecule has 2 aliphatic rings. The van der Waals surface area contributed by atoms with Crippen LogP contribution in [0.15, 0.2) is 190 Å². The minimum atomic E-state index is -0.947. The molecule has 12 rings (SSSR count). The van der Waals surface area contributed by atoms with Gasteiger partial charge < -0.3 is 48.1 Å². The first-order valence-electron chi connectivity index (χ1n) is 29.5. The standard InChI is InChI=1S/C34H36N6O5.C21H19ClO2.C13H18N6O3/c1-39(2)21-36-33-37-31-30(32(41)38-33)35-22-40(31)29-19-18-28(45-29)20-44-34(23-8-6-5-7-9-23,24-10-14-26(42-3)15-11-24)25-12-16-27(43-4)17-13-25;1-23-19-12-8-17(9-13-19)21(22,16-6-4-3-5-7-16)18-10-14-20(24-2)15-11-18;1-18(2)6-15-13-16-11-10(12(21)17-13)14-7-19(11)9-4-3-8(5-20)22-9/h5-17,21-22,28-29H,18-20H2,1-4H3,(H,37,38,41);3-15H,1-2H3;6-9,20H,3-5H2,1-2H3,(H,16,17,21)/t28-,29+;;8-,9+/m0.0/s1. The van der Waals surface area contributed by atoms with Crippen molar-refractivity contribution in [1.82, 2.24) is 48.8 Å². The second-order valence-electron chi connectivity index (χ2n) is 21.9. The van der Waals surface area contributed by atoms with Crippen molar-refractivity contribution in [3.63, 3.8) is 0 Å². The maximum atomic E-state index is 12.7. The number of alkyl halides is 1. The van der Waals surface area contributed by atoms with Gasteiger partial charge in [-0.25, -0.2) is 20.0 Å². The van der Waals surface area contributed by atoms with Crippen LogP contribution in [0.3, 0.4) is 0 Å². The molecule has 3 N–H and O–H groups in total. The zero-order valence-electron chi connectivity index (χ0n) is 51.8. The van der Waals surface area contributed by atoms with Crippen LogP contribution in [-0.4, -0.2) is 149 Å². The summed E-state index contributed by atoms with van der Waals surface area (Å²) in [6, 6.07) is 51.9. The number of benzene rings is 6. The summed E-state index contributed by atoms with van der Waals surface area (Å²) in [5, 5.41) is 9.16. The number of halogens is 1. The lowest BCUT2D eigenvalue weighted by Gasteiger charge is -2.37. The molecule has 22 nitrogen and oxygen atoms in total. The molecule has 0 spiro atoms. The Hall–Kier alpha value is -9.71. The summed E-state index contributed by atoms with van der Waals surface area (Å²) >= 11 is 7.22. The average molecular weight is 1250 g/mol. The maximum absolute atomic E-state index is 12.7. The third-order valence-electron chi connectivity index (χ3n) is 15.5. The summed E-state index contributed by atoms with van der Waals surface area (Å²) in [7, 11) is 14.0. The highest BCUT2D eigenvalue weighted by molar-refractivity contribution is 6.28. The Labute approximate surface area is 531 Å². The van der Waals surface area contributed by atoms with E-state index in [9.17, 15) is 9.59 Å². The Balaban J connectivity index is 0.000000166. The minimum absolute atomic E-state index is 0.0183. The third-order valence-corrected chi connectivity index (χ3v) is 16.1. The highest BCUT2D eigenvalue weighted by Crippen LogP contribution is 2.45. The SMILES string of the molecule is CN(C)C=Nc1nc2c(ncn2[C@H]2CC[C@@H](CO)O2)c(=O)[nH]1.COc1ccc(C(Cl)(c2ccccc2)c2ccc(OC)cc2)cc1.COc1ccc(C(OC[C@@H]2CC[C@H](n3cnc4c(=O)[nH]c(N=CN(C)C)nc43)O2)(c2ccccc2)c2ccc(OC)cc2)cc1. The van der Waals surface area contributed by atoms with Gasteiger partial charge in [0.15, 0.2) is 22.3 Å². The molecular weight excluding hydrogens is 1180 g/mol. The van der Waals surface area contributed by atoms with Crippen molar-refractivity contribution in [3.05, 3.63) is 224 Å². The molecule has 0 amide bonds. The molecule has 472 valence electrons. The number of aliphatic hydroxyl groups excluding tert-OH is 1. The normalized spacial score (nSPS) is 16.5. The van der Waals surface area contributed by atoms with Crippen LogP contribution in [0, 0.1) is 0 Å². The highest BCUT2D eigenvalue weighted by Gasteiger charge is 2.40. The Kier molecular flexibility index (Phi) is 20.7. The number of ether oxygens (including phenoxy) is 7. The van der Waals surface area contributed by atoms with E-state index in [1.54, 1.807) is 66.4 Å².